The van der Waals surface area contributed by atoms with E-state index in [9.17, 15) is 9.90 Å². The summed E-state index contributed by atoms with van der Waals surface area (Å²) in [5.41, 5.74) is 0. The molecule has 0 saturated carbocycles. The minimum Gasteiger partial charge on any atom is -0.394 e. The van der Waals surface area contributed by atoms with Gasteiger partial charge in [0.25, 0.3) is 0 Å². The van der Waals surface area contributed by atoms with Crippen molar-refractivity contribution in [2.24, 2.45) is 0 Å². The van der Waals surface area contributed by atoms with Crippen LogP contribution >= 0.6 is 0 Å². The zero-order valence-corrected chi connectivity index (χ0v) is 15.4. The maximum atomic E-state index is 11.5. The molecule has 0 aliphatic heterocycles. The quantitative estimate of drug-likeness (QED) is 0.422. The second kappa shape index (κ2) is 16.3. The Morgan fingerprint density at radius 2 is 1.30 bits per heavy atom. The molecule has 0 saturated heterocycles. The van der Waals surface area contributed by atoms with Crippen molar-refractivity contribution < 1.29 is 15.0 Å². The highest BCUT2D eigenvalue weighted by Gasteiger charge is 2.12. The van der Waals surface area contributed by atoms with Gasteiger partial charge in [-0.25, -0.2) is 0 Å². The summed E-state index contributed by atoms with van der Waals surface area (Å²) in [6, 6.07) is 0. The number of hydrogen-bond donors (Lipinski definition) is 2. The Hall–Kier alpha value is -0.610. The fourth-order valence-corrected chi connectivity index (χ4v) is 2.83. The van der Waals surface area contributed by atoms with Crippen molar-refractivity contribution in [3.8, 4) is 0 Å². The molecule has 4 nitrogen and oxygen atoms in total. The molecule has 23 heavy (non-hydrogen) atoms. The summed E-state index contributed by atoms with van der Waals surface area (Å²) in [6.45, 7) is 4.41. The zero-order chi connectivity index (χ0) is 17.3. The van der Waals surface area contributed by atoms with Crippen LogP contribution in [0.2, 0.25) is 0 Å². The molecule has 0 spiro atoms. The third-order valence-electron chi connectivity index (χ3n) is 4.37. The van der Waals surface area contributed by atoms with E-state index in [0.29, 0.717) is 6.54 Å². The molecule has 0 heterocycles. The minimum absolute atomic E-state index is 0.0272. The average molecular weight is 330 g/mol. The van der Waals surface area contributed by atoms with E-state index in [1.165, 1.54) is 71.1 Å². The number of carbonyl (C=O) groups is 1. The number of nitrogens with zero attached hydrogens (tertiary/aromatic N) is 1. The monoisotopic (exact) mass is 329 g/mol. The lowest BCUT2D eigenvalue weighted by Gasteiger charge is -2.23. The Kier molecular flexibility index (Phi) is 15.8. The Labute approximate surface area is 143 Å². The van der Waals surface area contributed by atoms with Crippen LogP contribution in [0.5, 0.6) is 0 Å². The van der Waals surface area contributed by atoms with Gasteiger partial charge in [-0.2, -0.15) is 0 Å². The predicted octanol–water partition coefficient (Wildman–Crippen LogP) is 3.89. The number of unbranched alkanes of at least 4 members (excludes halogenated alkanes) is 11. The van der Waals surface area contributed by atoms with Gasteiger partial charge in [0.1, 0.15) is 0 Å². The molecule has 0 aromatic carbocycles. The number of hydrogen-bond acceptors (Lipinski definition) is 3. The van der Waals surface area contributed by atoms with E-state index >= 15 is 0 Å². The van der Waals surface area contributed by atoms with Gasteiger partial charge in [-0.1, -0.05) is 77.6 Å². The van der Waals surface area contributed by atoms with E-state index in [4.69, 9.17) is 5.11 Å². The summed E-state index contributed by atoms with van der Waals surface area (Å²) in [6.07, 6.45) is 14.7. The number of aliphatic hydroxyl groups excluding tert-OH is 2. The van der Waals surface area contributed by atoms with Gasteiger partial charge in [0, 0.05) is 20.0 Å². The second-order valence-electron chi connectivity index (χ2n) is 6.69. The summed E-state index contributed by atoms with van der Waals surface area (Å²) in [5.74, 6) is -0.0272. The highest BCUT2D eigenvalue weighted by molar-refractivity contribution is 5.73. The van der Waals surface area contributed by atoms with Crippen LogP contribution in [0.4, 0.5) is 0 Å². The van der Waals surface area contributed by atoms with Crippen LogP contribution < -0.4 is 0 Å². The standard InChI is InChI=1S/C19H39NO3/c1-3-4-5-6-7-8-9-10-11-12-13-14-15-20(18(2)22)16-19(23)17-21/h19,21,23H,3-17H2,1-2H3. The Morgan fingerprint density at radius 3 is 1.70 bits per heavy atom. The first-order valence-corrected chi connectivity index (χ1v) is 9.66. The number of carbonyl (C=O) groups excluding carboxylic acids is 1. The molecule has 0 aliphatic rings. The van der Waals surface area contributed by atoms with Gasteiger partial charge in [-0.05, 0) is 6.42 Å². The van der Waals surface area contributed by atoms with Gasteiger partial charge in [0.05, 0.1) is 12.7 Å². The Balaban J connectivity index is 3.41. The molecule has 4 heteroatoms. The van der Waals surface area contributed by atoms with E-state index in [-0.39, 0.29) is 19.1 Å². The fourth-order valence-electron chi connectivity index (χ4n) is 2.83. The van der Waals surface area contributed by atoms with E-state index in [1.807, 2.05) is 0 Å². The van der Waals surface area contributed by atoms with Crippen molar-refractivity contribution in [3.63, 3.8) is 0 Å². The smallest absolute Gasteiger partial charge is 0.219 e. The third kappa shape index (κ3) is 14.7. The van der Waals surface area contributed by atoms with E-state index in [2.05, 4.69) is 6.92 Å². The van der Waals surface area contributed by atoms with Crippen molar-refractivity contribution >= 4 is 5.91 Å². The molecule has 0 aromatic heterocycles. The van der Waals surface area contributed by atoms with Crippen molar-refractivity contribution in [1.29, 1.82) is 0 Å². The summed E-state index contributed by atoms with van der Waals surface area (Å²) in [5, 5.41) is 18.3. The highest BCUT2D eigenvalue weighted by atomic mass is 16.3. The molecule has 0 rings (SSSR count). The normalized spacial score (nSPS) is 12.3. The molecule has 0 aromatic rings. The molecule has 138 valence electrons. The molecule has 0 aliphatic carbocycles. The minimum atomic E-state index is -0.823. The van der Waals surface area contributed by atoms with E-state index in [1.54, 1.807) is 4.90 Å². The highest BCUT2D eigenvalue weighted by Crippen LogP contribution is 2.12. The lowest BCUT2D eigenvalue weighted by atomic mass is 10.1. The molecule has 0 fully saturated rings. The van der Waals surface area contributed by atoms with Crippen LogP contribution in [0.1, 0.15) is 90.9 Å². The van der Waals surface area contributed by atoms with Crippen LogP contribution in [0.3, 0.4) is 0 Å². The lowest BCUT2D eigenvalue weighted by molar-refractivity contribution is -0.130. The van der Waals surface area contributed by atoms with Crippen LogP contribution in [-0.4, -0.2) is 46.8 Å². The first-order valence-electron chi connectivity index (χ1n) is 9.66. The van der Waals surface area contributed by atoms with Crippen LogP contribution in [0, 0.1) is 0 Å². The second-order valence-corrected chi connectivity index (χ2v) is 6.69. The van der Waals surface area contributed by atoms with E-state index in [0.717, 1.165) is 12.8 Å². The number of aliphatic hydroxyl groups is 2. The molecule has 1 atom stereocenters. The maximum Gasteiger partial charge on any atom is 0.219 e. The summed E-state index contributed by atoms with van der Waals surface area (Å²) in [4.78, 5) is 13.1. The molecule has 1 amide bonds. The van der Waals surface area contributed by atoms with Gasteiger partial charge in [0.2, 0.25) is 5.91 Å². The van der Waals surface area contributed by atoms with Gasteiger partial charge >= 0.3 is 0 Å². The SMILES string of the molecule is CCCCCCCCCCCCCCN(CC(O)CO)C(C)=O. The Bertz CT molecular complexity index is 271. The maximum absolute atomic E-state index is 11.5. The first kappa shape index (κ1) is 22.4. The Morgan fingerprint density at radius 1 is 0.870 bits per heavy atom. The average Bonchev–Trinajstić information content (AvgIpc) is 2.54. The third-order valence-corrected chi connectivity index (χ3v) is 4.37. The summed E-state index contributed by atoms with van der Waals surface area (Å²) < 4.78 is 0. The van der Waals surface area contributed by atoms with Gasteiger partial charge < -0.3 is 15.1 Å². The van der Waals surface area contributed by atoms with Crippen molar-refractivity contribution in [2.45, 2.75) is 97.0 Å². The van der Waals surface area contributed by atoms with Gasteiger partial charge in [-0.15, -0.1) is 0 Å². The zero-order valence-electron chi connectivity index (χ0n) is 15.4. The molecule has 0 radical (unpaired) electrons. The van der Waals surface area contributed by atoms with Crippen molar-refractivity contribution in [2.75, 3.05) is 19.7 Å². The van der Waals surface area contributed by atoms with E-state index < -0.39 is 6.10 Å². The molecule has 1 unspecified atom stereocenters. The summed E-state index contributed by atoms with van der Waals surface area (Å²) in [7, 11) is 0. The van der Waals surface area contributed by atoms with Gasteiger partial charge in [0.15, 0.2) is 0 Å². The van der Waals surface area contributed by atoms with Crippen LogP contribution in [0.15, 0.2) is 0 Å². The van der Waals surface area contributed by atoms with Crippen molar-refractivity contribution in [3.05, 3.63) is 0 Å². The predicted molar refractivity (Wildman–Crippen MR) is 96.4 cm³/mol. The molecule has 2 N–H and O–H groups in total. The van der Waals surface area contributed by atoms with Gasteiger partial charge in [-0.3, -0.25) is 4.79 Å². The summed E-state index contributed by atoms with van der Waals surface area (Å²) >= 11 is 0. The van der Waals surface area contributed by atoms with Crippen LogP contribution in [0.25, 0.3) is 0 Å². The first-order chi connectivity index (χ1) is 11.1. The molecular formula is C19H39NO3. The van der Waals surface area contributed by atoms with Crippen molar-refractivity contribution in [1.82, 2.24) is 4.90 Å². The lowest BCUT2D eigenvalue weighted by Crippen LogP contribution is -2.38. The number of rotatable bonds is 16. The fraction of sp³-hybridized carbons (Fsp3) is 0.947. The molecule has 0 bridgehead atoms. The molecular weight excluding hydrogens is 290 g/mol. The largest absolute Gasteiger partial charge is 0.394 e. The topological polar surface area (TPSA) is 60.8 Å². The number of amides is 1. The van der Waals surface area contributed by atoms with Crippen LogP contribution in [-0.2, 0) is 4.79 Å².